The first-order valence-corrected chi connectivity index (χ1v) is 20.9. The normalized spacial score (nSPS) is 45.4. The van der Waals surface area contributed by atoms with Crippen LogP contribution in [0.25, 0.3) is 0 Å². The highest BCUT2D eigenvalue weighted by Crippen LogP contribution is 2.57. The zero-order valence-electron chi connectivity index (χ0n) is 33.7. The topological polar surface area (TPSA) is 122 Å². The molecule has 3 heterocycles. The van der Waals surface area contributed by atoms with E-state index in [0.29, 0.717) is 17.9 Å². The smallest absolute Gasteiger partial charge is 0.306 e. The molecule has 2 saturated carbocycles. The van der Waals surface area contributed by atoms with E-state index in [1.165, 1.54) is 0 Å². The molecule has 0 aromatic heterocycles. The van der Waals surface area contributed by atoms with Crippen LogP contribution < -0.4 is 0 Å². The quantitative estimate of drug-likeness (QED) is 0.272. The van der Waals surface area contributed by atoms with Crippen molar-refractivity contribution in [3.8, 4) is 0 Å². The van der Waals surface area contributed by atoms with Crippen molar-refractivity contribution in [1.82, 2.24) is 4.90 Å². The third-order valence-corrected chi connectivity index (χ3v) is 13.9. The maximum atomic E-state index is 14.7. The fourth-order valence-corrected chi connectivity index (χ4v) is 11.0. The van der Waals surface area contributed by atoms with Crippen molar-refractivity contribution in [2.75, 3.05) is 28.3 Å². The molecule has 11 nitrogen and oxygen atoms in total. The van der Waals surface area contributed by atoms with E-state index in [1.54, 1.807) is 14.2 Å². The van der Waals surface area contributed by atoms with Gasteiger partial charge in [0.25, 0.3) is 0 Å². The Kier molecular flexibility index (Phi) is 14.2. The predicted octanol–water partition coefficient (Wildman–Crippen LogP) is 5.84. The lowest BCUT2D eigenvalue weighted by molar-refractivity contribution is -0.311. The van der Waals surface area contributed by atoms with Gasteiger partial charge in [0.2, 0.25) is 0 Å². The molecular weight excluding hydrogens is 678 g/mol. The van der Waals surface area contributed by atoms with E-state index in [9.17, 15) is 14.7 Å². The number of rotatable bonds is 10. The first-order valence-electron chi connectivity index (χ1n) is 20.9. The Morgan fingerprint density at radius 2 is 1.66 bits per heavy atom. The van der Waals surface area contributed by atoms with Gasteiger partial charge in [0.1, 0.15) is 24.4 Å². The van der Waals surface area contributed by atoms with Crippen LogP contribution in [0.2, 0.25) is 0 Å². The van der Waals surface area contributed by atoms with Crippen LogP contribution in [0.5, 0.6) is 0 Å². The molecule has 3 aliphatic carbocycles. The molecule has 6 aliphatic rings. The summed E-state index contributed by atoms with van der Waals surface area (Å²) in [5, 5.41) is 11.0. The molecule has 6 rings (SSSR count). The summed E-state index contributed by atoms with van der Waals surface area (Å²) < 4.78 is 43.4. The minimum atomic E-state index is -0.867. The maximum absolute atomic E-state index is 14.7. The van der Waals surface area contributed by atoms with E-state index in [2.05, 4.69) is 38.9 Å². The Labute approximate surface area is 318 Å². The number of nitrogens with zero attached hydrogens (tertiary/aromatic N) is 1. The highest BCUT2D eigenvalue weighted by atomic mass is 16.7. The summed E-state index contributed by atoms with van der Waals surface area (Å²) in [4.78, 5) is 30.6. The molecule has 302 valence electrons. The molecule has 53 heavy (non-hydrogen) atoms. The predicted molar refractivity (Wildman–Crippen MR) is 199 cm³/mol. The first-order chi connectivity index (χ1) is 25.4. The van der Waals surface area contributed by atoms with E-state index < -0.39 is 24.6 Å². The number of Topliss-reactive ketones (excluding diaryl/α,β-unsaturated/α-hetero) is 1. The lowest BCUT2D eigenvalue weighted by Gasteiger charge is -2.42. The molecule has 3 aliphatic heterocycles. The summed E-state index contributed by atoms with van der Waals surface area (Å²) in [6, 6.07) is 0.339. The van der Waals surface area contributed by atoms with Gasteiger partial charge in [-0.2, -0.15) is 0 Å². The number of carbonyl (C=O) groups is 2. The second-order valence-electron chi connectivity index (χ2n) is 17.4. The zero-order chi connectivity index (χ0) is 38.0. The number of unbranched alkanes of at least 4 members (excludes halogenated alkanes) is 1. The summed E-state index contributed by atoms with van der Waals surface area (Å²) in [7, 11) is 7.32. The van der Waals surface area contributed by atoms with Crippen molar-refractivity contribution in [2.45, 2.75) is 179 Å². The lowest BCUT2D eigenvalue weighted by Crippen LogP contribution is -2.59. The Balaban J connectivity index is 1.21. The average Bonchev–Trinajstić information content (AvgIpc) is 3.70. The van der Waals surface area contributed by atoms with Gasteiger partial charge < -0.3 is 43.2 Å². The molecule has 0 aromatic carbocycles. The second kappa shape index (κ2) is 18.2. The highest BCUT2D eigenvalue weighted by molar-refractivity contribution is 5.99. The van der Waals surface area contributed by atoms with Gasteiger partial charge in [-0.1, -0.05) is 32.8 Å². The van der Waals surface area contributed by atoms with Crippen LogP contribution in [-0.2, 0) is 42.7 Å². The number of hydrogen-bond acceptors (Lipinski definition) is 11. The number of likely N-dealkylation sites (N-methyl/N-ethyl adjacent to an activating group) is 1. The van der Waals surface area contributed by atoms with Crippen LogP contribution in [-0.4, -0.2) is 118 Å². The number of carbonyl (C=O) groups excluding carboxylic acids is 2. The van der Waals surface area contributed by atoms with Gasteiger partial charge >= 0.3 is 5.97 Å². The molecule has 0 aromatic rings. The Hall–Kier alpha value is -1.44. The third-order valence-electron chi connectivity index (χ3n) is 13.9. The Bertz CT molecular complexity index is 1260. The SMILES string of the molecule is CCCC[C@H]1CCC[C@H](OC2CC[C@H](N(C)C)[C@@H](C)O2)[C@@H](C)C(=O)C2=CC3C4C[C@H](O[C@@H]5O[C@@H](C)[C@H](OC)[C@@H](O)[C@H]5OC)CC4CCC3C2CC(=O)O1. The number of aliphatic hydroxyl groups excluding tert-OH is 1. The summed E-state index contributed by atoms with van der Waals surface area (Å²) in [5.74, 6) is 0.589. The molecule has 3 saturated heterocycles. The molecule has 17 atom stereocenters. The van der Waals surface area contributed by atoms with Gasteiger partial charge in [-0.05, 0) is 121 Å². The summed E-state index contributed by atoms with van der Waals surface area (Å²) in [5.41, 5.74) is 0.803. The number of hydrogen-bond donors (Lipinski definition) is 1. The van der Waals surface area contributed by atoms with Crippen molar-refractivity contribution < 1.29 is 47.9 Å². The van der Waals surface area contributed by atoms with Crippen LogP contribution in [0.15, 0.2) is 11.6 Å². The summed E-state index contributed by atoms with van der Waals surface area (Å²) in [6.45, 7) is 8.20. The lowest BCUT2D eigenvalue weighted by atomic mass is 9.66. The van der Waals surface area contributed by atoms with Crippen molar-refractivity contribution in [3.05, 3.63) is 11.6 Å². The minimum absolute atomic E-state index is 0.0388. The van der Waals surface area contributed by atoms with Crippen molar-refractivity contribution in [2.24, 2.45) is 35.5 Å². The fraction of sp³-hybridized carbons (Fsp3) is 0.905. The summed E-state index contributed by atoms with van der Waals surface area (Å²) in [6.07, 6.45) is 9.42. The number of fused-ring (bicyclic) bond motifs is 5. The number of esters is 1. The zero-order valence-corrected chi connectivity index (χ0v) is 33.7. The van der Waals surface area contributed by atoms with Gasteiger partial charge in [0.05, 0.1) is 30.8 Å². The van der Waals surface area contributed by atoms with Crippen molar-refractivity contribution in [3.63, 3.8) is 0 Å². The number of allylic oxidation sites excluding steroid dienone is 2. The van der Waals surface area contributed by atoms with E-state index >= 15 is 0 Å². The standard InChI is InChI=1S/C42H69NO10/c1-9-10-12-27-13-11-14-35(53-37-18-17-34(43(5)6)24(3)49-37)23(2)38(45)33-21-31-29(32(33)22-36(44)51-27)16-15-26-19-28(20-30(26)31)52-42-41(48-8)39(46)40(47-7)25(4)50-42/h21,23-32,34-35,37,39-42,46H,9-20,22H2,1-8H3/t23-,24-,25+,26?,27+,28-,29?,30?,31?,32?,34+,35+,37?,39-,40+,41-,42+/m1/s1. The molecule has 0 bridgehead atoms. The van der Waals surface area contributed by atoms with E-state index in [1.807, 2.05) is 13.8 Å². The monoisotopic (exact) mass is 747 g/mol. The highest BCUT2D eigenvalue weighted by Gasteiger charge is 2.54. The third kappa shape index (κ3) is 9.08. The second-order valence-corrected chi connectivity index (χ2v) is 17.4. The molecule has 0 radical (unpaired) electrons. The van der Waals surface area contributed by atoms with Crippen LogP contribution >= 0.6 is 0 Å². The molecular formula is C42H69NO10. The largest absolute Gasteiger partial charge is 0.462 e. The number of ether oxygens (including phenoxy) is 7. The molecule has 0 amide bonds. The van der Waals surface area contributed by atoms with Crippen LogP contribution in [0.3, 0.4) is 0 Å². The van der Waals surface area contributed by atoms with Crippen LogP contribution in [0, 0.1) is 35.5 Å². The van der Waals surface area contributed by atoms with E-state index in [-0.39, 0.29) is 78.7 Å². The molecule has 6 unspecified atom stereocenters. The van der Waals surface area contributed by atoms with Gasteiger partial charge in [-0.15, -0.1) is 0 Å². The molecule has 5 fully saturated rings. The average molecular weight is 748 g/mol. The molecule has 1 N–H and O–H groups in total. The van der Waals surface area contributed by atoms with Gasteiger partial charge in [0.15, 0.2) is 18.4 Å². The molecule has 0 spiro atoms. The van der Waals surface area contributed by atoms with Gasteiger partial charge in [-0.3, -0.25) is 9.59 Å². The van der Waals surface area contributed by atoms with Crippen molar-refractivity contribution in [1.29, 1.82) is 0 Å². The first kappa shape index (κ1) is 41.2. The Morgan fingerprint density at radius 3 is 2.36 bits per heavy atom. The number of cyclic esters (lactones) is 1. The van der Waals surface area contributed by atoms with Gasteiger partial charge in [0, 0.05) is 32.1 Å². The number of ketones is 1. The minimum Gasteiger partial charge on any atom is -0.462 e. The van der Waals surface area contributed by atoms with E-state index in [4.69, 9.17) is 33.2 Å². The van der Waals surface area contributed by atoms with Crippen LogP contribution in [0.1, 0.15) is 111 Å². The number of methoxy groups -OCH3 is 2. The van der Waals surface area contributed by atoms with Crippen molar-refractivity contribution >= 4 is 11.8 Å². The fourth-order valence-electron chi connectivity index (χ4n) is 11.0. The van der Waals surface area contributed by atoms with E-state index in [0.717, 1.165) is 82.6 Å². The number of aliphatic hydroxyl groups is 1. The Morgan fingerprint density at radius 1 is 0.887 bits per heavy atom. The van der Waals surface area contributed by atoms with Crippen LogP contribution in [0.4, 0.5) is 0 Å². The molecule has 11 heteroatoms. The summed E-state index contributed by atoms with van der Waals surface area (Å²) >= 11 is 0. The maximum Gasteiger partial charge on any atom is 0.306 e. The van der Waals surface area contributed by atoms with Gasteiger partial charge in [-0.25, -0.2) is 0 Å².